The van der Waals surface area contributed by atoms with Gasteiger partial charge >= 0.3 is 0 Å². The summed E-state index contributed by atoms with van der Waals surface area (Å²) < 4.78 is 0. The molecular weight excluding hydrogens is 256 g/mol. The van der Waals surface area contributed by atoms with Gasteiger partial charge in [0.2, 0.25) is 0 Å². The summed E-state index contributed by atoms with van der Waals surface area (Å²) in [5, 5.41) is 8.75. The molecule has 0 fully saturated rings. The van der Waals surface area contributed by atoms with E-state index in [0.717, 1.165) is 17.7 Å². The molecule has 0 heterocycles. The molecule has 0 amide bonds. The number of hydrogen-bond acceptors (Lipinski definition) is 2. The largest absolute Gasteiger partial charge is 0.256 e. The average molecular weight is 276 g/mol. The molecule has 2 rings (SSSR count). The Morgan fingerprint density at radius 3 is 2.33 bits per heavy atom. The Labute approximate surface area is 126 Å². The zero-order valence-electron chi connectivity index (χ0n) is 12.4. The summed E-state index contributed by atoms with van der Waals surface area (Å²) in [5.41, 5.74) is 4.00. The van der Waals surface area contributed by atoms with E-state index in [-0.39, 0.29) is 0 Å². The first kappa shape index (κ1) is 15.0. The van der Waals surface area contributed by atoms with Crippen molar-refractivity contribution in [3.05, 3.63) is 65.2 Å². The van der Waals surface area contributed by atoms with Crippen LogP contribution in [0.4, 0.5) is 5.69 Å². The predicted molar refractivity (Wildman–Crippen MR) is 88.1 cm³/mol. The Kier molecular flexibility index (Phi) is 5.72. The van der Waals surface area contributed by atoms with Crippen molar-refractivity contribution < 1.29 is 0 Å². The van der Waals surface area contributed by atoms with Crippen LogP contribution in [0.15, 0.2) is 53.5 Å². The van der Waals surface area contributed by atoms with Gasteiger partial charge in [-0.3, -0.25) is 4.99 Å². The molecule has 2 heteroatoms. The van der Waals surface area contributed by atoms with Crippen molar-refractivity contribution in [1.82, 2.24) is 0 Å². The van der Waals surface area contributed by atoms with Gasteiger partial charge in [0.1, 0.15) is 0 Å². The Balaban J connectivity index is 1.95. The number of aryl methyl sites for hydroxylation is 1. The fraction of sp³-hybridized carbons (Fsp3) is 0.263. The SMILES string of the molecule is CCCCCc1ccc(C=Nc2ccc(C#N)cc2)cc1. The molecule has 0 aliphatic rings. The molecule has 21 heavy (non-hydrogen) atoms. The fourth-order valence-electron chi connectivity index (χ4n) is 2.12. The molecule has 0 bridgehead atoms. The molecule has 0 saturated carbocycles. The average Bonchev–Trinajstić information content (AvgIpc) is 2.55. The zero-order valence-corrected chi connectivity index (χ0v) is 12.4. The van der Waals surface area contributed by atoms with Gasteiger partial charge in [-0.2, -0.15) is 5.26 Å². The van der Waals surface area contributed by atoms with Crippen LogP contribution >= 0.6 is 0 Å². The molecule has 106 valence electrons. The van der Waals surface area contributed by atoms with Gasteiger partial charge in [-0.25, -0.2) is 0 Å². The Hall–Kier alpha value is -2.40. The molecule has 0 aliphatic carbocycles. The van der Waals surface area contributed by atoms with Gasteiger partial charge in [0.05, 0.1) is 17.3 Å². The molecule has 0 atom stereocenters. The predicted octanol–water partition coefficient (Wildman–Crippen LogP) is 5.04. The van der Waals surface area contributed by atoms with Crippen LogP contribution in [0.5, 0.6) is 0 Å². The first-order chi connectivity index (χ1) is 10.3. The molecule has 0 radical (unpaired) electrons. The Morgan fingerprint density at radius 2 is 1.71 bits per heavy atom. The van der Waals surface area contributed by atoms with Crippen LogP contribution < -0.4 is 0 Å². The number of hydrogen-bond donors (Lipinski definition) is 0. The van der Waals surface area contributed by atoms with Gasteiger partial charge in [-0.1, -0.05) is 44.0 Å². The first-order valence-electron chi connectivity index (χ1n) is 7.45. The van der Waals surface area contributed by atoms with Gasteiger partial charge in [0.25, 0.3) is 0 Å². The summed E-state index contributed by atoms with van der Waals surface area (Å²) in [4.78, 5) is 4.42. The van der Waals surface area contributed by atoms with Gasteiger partial charge < -0.3 is 0 Å². The van der Waals surface area contributed by atoms with E-state index in [1.54, 1.807) is 12.1 Å². The third kappa shape index (κ3) is 4.89. The topological polar surface area (TPSA) is 36.1 Å². The number of unbranched alkanes of at least 4 members (excludes halogenated alkanes) is 2. The lowest BCUT2D eigenvalue weighted by molar-refractivity contribution is 0.717. The summed E-state index contributed by atoms with van der Waals surface area (Å²) in [7, 11) is 0. The highest BCUT2D eigenvalue weighted by atomic mass is 14.7. The molecule has 2 nitrogen and oxygen atoms in total. The second-order valence-corrected chi connectivity index (χ2v) is 5.12. The summed E-state index contributed by atoms with van der Waals surface area (Å²) in [6, 6.07) is 17.9. The van der Waals surface area contributed by atoms with E-state index in [1.807, 2.05) is 18.3 Å². The first-order valence-corrected chi connectivity index (χ1v) is 7.45. The molecule has 0 aromatic heterocycles. The van der Waals surface area contributed by atoms with E-state index in [0.29, 0.717) is 5.56 Å². The van der Waals surface area contributed by atoms with E-state index in [2.05, 4.69) is 42.3 Å². The van der Waals surface area contributed by atoms with E-state index in [4.69, 9.17) is 5.26 Å². The number of nitrogens with zero attached hydrogens (tertiary/aromatic N) is 2. The second-order valence-electron chi connectivity index (χ2n) is 5.12. The number of aliphatic imine (C=N–C) groups is 1. The van der Waals surface area contributed by atoms with Crippen LogP contribution in [0.1, 0.15) is 42.9 Å². The summed E-state index contributed by atoms with van der Waals surface area (Å²) in [6.07, 6.45) is 6.82. The van der Waals surface area contributed by atoms with Crippen molar-refractivity contribution in [1.29, 1.82) is 5.26 Å². The molecule has 0 N–H and O–H groups in total. The van der Waals surface area contributed by atoms with Crippen molar-refractivity contribution in [3.8, 4) is 6.07 Å². The van der Waals surface area contributed by atoms with Crippen molar-refractivity contribution in [2.45, 2.75) is 32.6 Å². The minimum atomic E-state index is 0.658. The van der Waals surface area contributed by atoms with Crippen LogP contribution in [0.2, 0.25) is 0 Å². The molecule has 0 spiro atoms. The van der Waals surface area contributed by atoms with E-state index in [1.165, 1.54) is 24.8 Å². The summed E-state index contributed by atoms with van der Waals surface area (Å²) in [6.45, 7) is 2.22. The summed E-state index contributed by atoms with van der Waals surface area (Å²) >= 11 is 0. The number of rotatable bonds is 6. The molecular formula is C19H20N2. The quantitative estimate of drug-likeness (QED) is 0.537. The van der Waals surface area contributed by atoms with Crippen LogP contribution in [0.3, 0.4) is 0 Å². The lowest BCUT2D eigenvalue weighted by Crippen LogP contribution is -1.87. The van der Waals surface area contributed by atoms with Crippen molar-refractivity contribution >= 4 is 11.9 Å². The fourth-order valence-corrected chi connectivity index (χ4v) is 2.12. The monoisotopic (exact) mass is 276 g/mol. The number of nitriles is 1. The van der Waals surface area contributed by atoms with Crippen molar-refractivity contribution in [2.24, 2.45) is 4.99 Å². The smallest absolute Gasteiger partial charge is 0.0991 e. The van der Waals surface area contributed by atoms with Crippen molar-refractivity contribution in [2.75, 3.05) is 0 Å². The van der Waals surface area contributed by atoms with Gasteiger partial charge in [-0.15, -0.1) is 0 Å². The van der Waals surface area contributed by atoms with Crippen LogP contribution in [0, 0.1) is 11.3 Å². The molecule has 2 aromatic rings. The Morgan fingerprint density at radius 1 is 1.00 bits per heavy atom. The van der Waals surface area contributed by atoms with Crippen LogP contribution in [0.25, 0.3) is 0 Å². The second kappa shape index (κ2) is 8.01. The maximum Gasteiger partial charge on any atom is 0.0991 e. The lowest BCUT2D eigenvalue weighted by Gasteiger charge is -2.01. The third-order valence-electron chi connectivity index (χ3n) is 3.41. The normalized spacial score (nSPS) is 10.7. The van der Waals surface area contributed by atoms with Gasteiger partial charge in [-0.05, 0) is 48.2 Å². The standard InChI is InChI=1S/C19H20N2/c1-2-3-4-5-16-6-8-18(9-7-16)15-21-19-12-10-17(14-20)11-13-19/h6-13,15H,2-5H2,1H3. The van der Waals surface area contributed by atoms with Gasteiger partial charge in [0.15, 0.2) is 0 Å². The van der Waals surface area contributed by atoms with Gasteiger partial charge in [0, 0.05) is 6.21 Å². The molecule has 2 aromatic carbocycles. The zero-order chi connectivity index (χ0) is 14.9. The minimum Gasteiger partial charge on any atom is -0.256 e. The highest BCUT2D eigenvalue weighted by Gasteiger charge is 1.94. The van der Waals surface area contributed by atoms with Crippen LogP contribution in [-0.2, 0) is 6.42 Å². The summed E-state index contributed by atoms with van der Waals surface area (Å²) in [5.74, 6) is 0. The maximum absolute atomic E-state index is 8.75. The minimum absolute atomic E-state index is 0.658. The van der Waals surface area contributed by atoms with Crippen molar-refractivity contribution in [3.63, 3.8) is 0 Å². The van der Waals surface area contributed by atoms with Crippen LogP contribution in [-0.4, -0.2) is 6.21 Å². The molecule has 0 saturated heterocycles. The Bertz CT molecular complexity index is 616. The van der Waals surface area contributed by atoms with E-state index < -0.39 is 0 Å². The maximum atomic E-state index is 8.75. The number of benzene rings is 2. The molecule has 0 unspecified atom stereocenters. The third-order valence-corrected chi connectivity index (χ3v) is 3.41. The molecule has 0 aliphatic heterocycles. The lowest BCUT2D eigenvalue weighted by atomic mass is 10.1. The van der Waals surface area contributed by atoms with E-state index >= 15 is 0 Å². The van der Waals surface area contributed by atoms with E-state index in [9.17, 15) is 0 Å². The highest BCUT2D eigenvalue weighted by Crippen LogP contribution is 2.13. The highest BCUT2D eigenvalue weighted by molar-refractivity contribution is 5.81.